The number of aliphatic hydroxyl groups is 1. The molecular weight excluding hydrogens is 323 g/mol. The van der Waals surface area contributed by atoms with E-state index in [4.69, 9.17) is 9.26 Å². The standard InChI is InChI=1S/C14H21N2O6P/c1-8-6-16(14(19)15-13(8)18)11-5-10(17)12(22-11)9(2)7-23(4,20)21-3/h6-7,10-12,17H,5H2,1-4H3,(H,15,18,19)/b9-7+/t10?,11-,12-,23?/m1/s1. The van der Waals surface area contributed by atoms with Gasteiger partial charge in [-0.15, -0.1) is 0 Å². The van der Waals surface area contributed by atoms with E-state index in [1.165, 1.54) is 30.4 Å². The second kappa shape index (κ2) is 6.57. The minimum atomic E-state index is -2.89. The van der Waals surface area contributed by atoms with Crippen LogP contribution in [0.1, 0.15) is 25.1 Å². The lowest BCUT2D eigenvalue weighted by atomic mass is 10.1. The summed E-state index contributed by atoms with van der Waals surface area (Å²) in [5.41, 5.74) is -0.111. The van der Waals surface area contributed by atoms with Gasteiger partial charge in [-0.2, -0.15) is 0 Å². The summed E-state index contributed by atoms with van der Waals surface area (Å²) >= 11 is 0. The number of nitrogens with zero attached hydrogens (tertiary/aromatic N) is 1. The summed E-state index contributed by atoms with van der Waals surface area (Å²) in [6, 6.07) is 0. The SMILES string of the molecule is COP(C)(=O)/C=C(\C)[C@H]1O[C@@H](n2cc(C)c(=O)[nH]c2=O)CC1O. The zero-order valence-corrected chi connectivity index (χ0v) is 14.4. The van der Waals surface area contributed by atoms with E-state index in [-0.39, 0.29) is 6.42 Å². The predicted octanol–water partition coefficient (Wildman–Crippen LogP) is 0.952. The highest BCUT2D eigenvalue weighted by atomic mass is 31.2. The normalized spacial score (nSPS) is 27.9. The van der Waals surface area contributed by atoms with Gasteiger partial charge < -0.3 is 14.4 Å². The Balaban J connectivity index is 2.29. The minimum absolute atomic E-state index is 0.183. The number of nitrogens with one attached hydrogen (secondary N) is 1. The first-order valence-corrected chi connectivity index (χ1v) is 9.26. The largest absolute Gasteiger partial charge is 0.390 e. The Labute approximate surface area is 133 Å². The van der Waals surface area contributed by atoms with Crippen LogP contribution in [0.2, 0.25) is 0 Å². The lowest BCUT2D eigenvalue weighted by Crippen LogP contribution is -2.33. The molecule has 4 atom stereocenters. The number of aryl methyl sites for hydroxylation is 1. The van der Waals surface area contributed by atoms with Crippen molar-refractivity contribution in [2.75, 3.05) is 13.8 Å². The average molecular weight is 344 g/mol. The van der Waals surface area contributed by atoms with Crippen LogP contribution in [0, 0.1) is 6.92 Å². The van der Waals surface area contributed by atoms with Crippen molar-refractivity contribution in [3.8, 4) is 0 Å². The molecule has 2 rings (SSSR count). The van der Waals surface area contributed by atoms with Crippen molar-refractivity contribution in [1.29, 1.82) is 0 Å². The van der Waals surface area contributed by atoms with Gasteiger partial charge in [0.05, 0.1) is 6.10 Å². The van der Waals surface area contributed by atoms with Crippen LogP contribution >= 0.6 is 7.37 Å². The number of H-pyrrole nitrogens is 1. The summed E-state index contributed by atoms with van der Waals surface area (Å²) in [7, 11) is -1.54. The number of hydrogen-bond acceptors (Lipinski definition) is 6. The summed E-state index contributed by atoms with van der Waals surface area (Å²) in [5, 5.41) is 10.2. The smallest absolute Gasteiger partial charge is 0.330 e. The van der Waals surface area contributed by atoms with Crippen molar-refractivity contribution in [3.05, 3.63) is 44.0 Å². The molecule has 9 heteroatoms. The zero-order valence-electron chi connectivity index (χ0n) is 13.5. The third kappa shape index (κ3) is 3.90. The maximum atomic E-state index is 12.0. The van der Waals surface area contributed by atoms with Gasteiger partial charge in [0, 0.05) is 37.8 Å². The highest BCUT2D eigenvalue weighted by molar-refractivity contribution is 7.61. The topological polar surface area (TPSA) is 111 Å². The summed E-state index contributed by atoms with van der Waals surface area (Å²) < 4.78 is 23.9. The van der Waals surface area contributed by atoms with Crippen molar-refractivity contribution < 1.29 is 18.9 Å². The number of aliphatic hydroxyl groups excluding tert-OH is 1. The molecule has 0 spiro atoms. The maximum absolute atomic E-state index is 12.0. The van der Waals surface area contributed by atoms with Crippen molar-refractivity contribution in [1.82, 2.24) is 9.55 Å². The first-order valence-electron chi connectivity index (χ1n) is 7.12. The lowest BCUT2D eigenvalue weighted by Gasteiger charge is -2.18. The quantitative estimate of drug-likeness (QED) is 0.787. The van der Waals surface area contributed by atoms with Crippen LogP contribution < -0.4 is 11.2 Å². The average Bonchev–Trinajstić information content (AvgIpc) is 2.84. The minimum Gasteiger partial charge on any atom is -0.390 e. The number of aromatic nitrogens is 2. The molecule has 0 amide bonds. The van der Waals surface area contributed by atoms with Gasteiger partial charge in [0.1, 0.15) is 12.3 Å². The first-order chi connectivity index (χ1) is 10.6. The van der Waals surface area contributed by atoms with Crippen LogP contribution in [0.3, 0.4) is 0 Å². The molecule has 0 aliphatic carbocycles. The van der Waals surface area contributed by atoms with E-state index in [9.17, 15) is 19.3 Å². The molecule has 2 heterocycles. The van der Waals surface area contributed by atoms with Gasteiger partial charge in [-0.1, -0.05) is 0 Å². The molecule has 0 bridgehead atoms. The van der Waals surface area contributed by atoms with E-state index < -0.39 is 37.1 Å². The summed E-state index contributed by atoms with van der Waals surface area (Å²) in [5.74, 6) is 1.45. The van der Waals surface area contributed by atoms with Crippen molar-refractivity contribution in [2.24, 2.45) is 0 Å². The fraction of sp³-hybridized carbons (Fsp3) is 0.571. The Morgan fingerprint density at radius 2 is 2.22 bits per heavy atom. The molecule has 1 fully saturated rings. The second-order valence-corrected chi connectivity index (χ2v) is 8.20. The summed E-state index contributed by atoms with van der Waals surface area (Å²) in [6.07, 6.45) is -0.669. The van der Waals surface area contributed by atoms with Gasteiger partial charge in [0.25, 0.3) is 5.56 Å². The number of aromatic amines is 1. The zero-order chi connectivity index (χ0) is 17.4. The Hall–Kier alpha value is -1.47. The lowest BCUT2D eigenvalue weighted by molar-refractivity contribution is -0.000998. The van der Waals surface area contributed by atoms with Gasteiger partial charge in [0.15, 0.2) is 0 Å². The third-order valence-electron chi connectivity index (χ3n) is 3.80. The highest BCUT2D eigenvalue weighted by Gasteiger charge is 2.37. The molecule has 8 nitrogen and oxygen atoms in total. The van der Waals surface area contributed by atoms with Crippen LogP contribution in [0.5, 0.6) is 0 Å². The molecule has 1 aromatic heterocycles. The van der Waals surface area contributed by atoms with Crippen LogP contribution in [-0.4, -0.2) is 40.6 Å². The fourth-order valence-corrected chi connectivity index (χ4v) is 3.52. The van der Waals surface area contributed by atoms with Crippen molar-refractivity contribution >= 4 is 7.37 Å². The van der Waals surface area contributed by atoms with Gasteiger partial charge in [-0.05, 0) is 19.4 Å². The molecule has 1 aliphatic heterocycles. The molecule has 128 valence electrons. The third-order valence-corrected chi connectivity index (χ3v) is 5.40. The van der Waals surface area contributed by atoms with Gasteiger partial charge >= 0.3 is 5.69 Å². The van der Waals surface area contributed by atoms with E-state index in [0.29, 0.717) is 11.1 Å². The fourth-order valence-electron chi connectivity index (χ4n) is 2.53. The first kappa shape index (κ1) is 17.9. The number of hydrogen-bond donors (Lipinski definition) is 2. The van der Waals surface area contributed by atoms with Crippen LogP contribution in [-0.2, 0) is 13.8 Å². The Kier molecular flexibility index (Phi) is 5.10. The van der Waals surface area contributed by atoms with Crippen molar-refractivity contribution in [2.45, 2.75) is 38.7 Å². The second-order valence-electron chi connectivity index (χ2n) is 5.76. The van der Waals surface area contributed by atoms with Crippen molar-refractivity contribution in [3.63, 3.8) is 0 Å². The van der Waals surface area contributed by atoms with Crippen LogP contribution in [0.4, 0.5) is 0 Å². The number of rotatable bonds is 4. The molecule has 0 aromatic carbocycles. The van der Waals surface area contributed by atoms with Gasteiger partial charge in [-0.25, -0.2) is 4.79 Å². The molecule has 1 saturated heterocycles. The molecule has 2 unspecified atom stereocenters. The van der Waals surface area contributed by atoms with Gasteiger partial charge in [0.2, 0.25) is 7.37 Å². The molecule has 2 N–H and O–H groups in total. The Morgan fingerprint density at radius 1 is 1.57 bits per heavy atom. The molecule has 0 radical (unpaired) electrons. The van der Waals surface area contributed by atoms with E-state index >= 15 is 0 Å². The predicted molar refractivity (Wildman–Crippen MR) is 84.9 cm³/mol. The van der Waals surface area contributed by atoms with E-state index in [2.05, 4.69) is 4.98 Å². The van der Waals surface area contributed by atoms with E-state index in [1.807, 2.05) is 0 Å². The van der Waals surface area contributed by atoms with Crippen LogP contribution in [0.15, 0.2) is 27.2 Å². The summed E-state index contributed by atoms with van der Waals surface area (Å²) in [6.45, 7) is 4.73. The maximum Gasteiger partial charge on any atom is 0.330 e. The number of ether oxygens (including phenoxy) is 1. The molecule has 23 heavy (non-hydrogen) atoms. The molecular formula is C14H21N2O6P. The molecule has 1 aromatic rings. The summed E-state index contributed by atoms with van der Waals surface area (Å²) in [4.78, 5) is 25.5. The monoisotopic (exact) mass is 344 g/mol. The van der Waals surface area contributed by atoms with E-state index in [1.54, 1.807) is 13.8 Å². The van der Waals surface area contributed by atoms with Gasteiger partial charge in [-0.3, -0.25) is 18.9 Å². The Morgan fingerprint density at radius 3 is 2.83 bits per heavy atom. The highest BCUT2D eigenvalue weighted by Crippen LogP contribution is 2.45. The molecule has 0 saturated carbocycles. The Bertz CT molecular complexity index is 780. The van der Waals surface area contributed by atoms with Crippen LogP contribution in [0.25, 0.3) is 0 Å². The van der Waals surface area contributed by atoms with E-state index in [0.717, 1.165) is 0 Å². The molecule has 1 aliphatic rings.